The monoisotopic (exact) mass is 586 g/mol. The number of aliphatic hydroxyl groups is 2. The van der Waals surface area contributed by atoms with Crippen molar-refractivity contribution in [1.82, 2.24) is 9.80 Å². The summed E-state index contributed by atoms with van der Waals surface area (Å²) in [6.07, 6.45) is 1.89. The number of methoxy groups -OCH3 is 1. The number of hydrogen-bond donors (Lipinski definition) is 5. The van der Waals surface area contributed by atoms with Crippen molar-refractivity contribution in [3.05, 3.63) is 64.7 Å². The van der Waals surface area contributed by atoms with E-state index >= 15 is 0 Å². The molecule has 2 aliphatic heterocycles. The molecule has 2 aromatic rings. The van der Waals surface area contributed by atoms with Gasteiger partial charge in [0.1, 0.15) is 5.75 Å². The van der Waals surface area contributed by atoms with Crippen LogP contribution < -0.4 is 4.74 Å². The maximum atomic E-state index is 11.1. The molecule has 0 atom stereocenters. The molecule has 2 saturated heterocycles. The van der Waals surface area contributed by atoms with Gasteiger partial charge >= 0.3 is 17.9 Å². The summed E-state index contributed by atoms with van der Waals surface area (Å²) in [5, 5.41) is 45.0. The Morgan fingerprint density at radius 2 is 1.40 bits per heavy atom. The molecule has 2 heterocycles. The van der Waals surface area contributed by atoms with E-state index in [1.54, 1.807) is 7.11 Å². The number of piperidine rings is 1. The van der Waals surface area contributed by atoms with Crippen LogP contribution in [0.15, 0.2) is 42.5 Å². The lowest BCUT2D eigenvalue weighted by atomic mass is 9.84. The predicted molar refractivity (Wildman–Crippen MR) is 154 cm³/mol. The summed E-state index contributed by atoms with van der Waals surface area (Å²) in [5.41, 5.74) is 1.49. The Labute approximate surface area is 246 Å². The molecule has 11 nitrogen and oxygen atoms in total. The Kier molecular flexibility index (Phi) is 11.5. The summed E-state index contributed by atoms with van der Waals surface area (Å²) in [5.74, 6) is -4.03. The Morgan fingerprint density at radius 1 is 0.857 bits per heavy atom. The van der Waals surface area contributed by atoms with E-state index < -0.39 is 42.0 Å². The van der Waals surface area contributed by atoms with E-state index in [0.29, 0.717) is 0 Å². The highest BCUT2D eigenvalue weighted by molar-refractivity contribution is 5.88. The number of aryl methyl sites for hydroxylation is 1. The molecule has 0 bridgehead atoms. The van der Waals surface area contributed by atoms with Gasteiger partial charge in [-0.15, -0.1) is 0 Å². The van der Waals surface area contributed by atoms with Crippen molar-refractivity contribution in [1.29, 1.82) is 0 Å². The van der Waals surface area contributed by atoms with Gasteiger partial charge in [0.15, 0.2) is 5.60 Å². The minimum atomic E-state index is -2.74. The quantitative estimate of drug-likeness (QED) is 0.263. The molecule has 0 amide bonds. The number of aliphatic carboxylic acids is 3. The van der Waals surface area contributed by atoms with Crippen LogP contribution in [0.3, 0.4) is 0 Å². The van der Waals surface area contributed by atoms with Crippen LogP contribution in [0.2, 0.25) is 0 Å². The van der Waals surface area contributed by atoms with Crippen LogP contribution in [0, 0.1) is 6.92 Å². The van der Waals surface area contributed by atoms with Crippen molar-refractivity contribution in [2.45, 2.75) is 69.7 Å². The second-order valence-electron chi connectivity index (χ2n) is 11.3. The number of carboxylic acid groups (broad SMARTS) is 3. The van der Waals surface area contributed by atoms with Crippen LogP contribution in [0.1, 0.15) is 60.8 Å². The van der Waals surface area contributed by atoms with Crippen LogP contribution in [-0.4, -0.2) is 92.1 Å². The molecule has 0 saturated carbocycles. The van der Waals surface area contributed by atoms with Gasteiger partial charge in [-0.1, -0.05) is 35.9 Å². The number of carboxylic acids is 3. The fraction of sp³-hybridized carbons (Fsp3) is 0.516. The molecular formula is C31H42N2O9. The molecule has 0 radical (unpaired) electrons. The standard InChI is InChI=1S/C25H34N2O2.C6H8O7/c1-20-5-8-23(9-6-20)25(28)11-15-27(16-12-25)18-21-7-10-24(29-2)22(17-21)19-26-13-3-4-14-26;7-3(8)1-6(13,5(11)12)2-4(9)10/h5-10,17,28H,3-4,11-16,18-19H2,1-2H3;13H,1-2H2,(H,7,8)(H,9,10)(H,11,12). The fourth-order valence-electron chi connectivity index (χ4n) is 5.44. The molecule has 5 N–H and O–H groups in total. The van der Waals surface area contributed by atoms with Gasteiger partial charge in [-0.3, -0.25) is 19.4 Å². The number of carbonyl (C=O) groups is 3. The molecule has 0 aromatic heterocycles. The maximum absolute atomic E-state index is 11.1. The molecule has 2 fully saturated rings. The first-order valence-corrected chi connectivity index (χ1v) is 14.1. The van der Waals surface area contributed by atoms with Crippen LogP contribution in [0.25, 0.3) is 0 Å². The lowest BCUT2D eigenvalue weighted by Gasteiger charge is -2.38. The molecule has 230 valence electrons. The van der Waals surface area contributed by atoms with Gasteiger partial charge in [0.25, 0.3) is 0 Å². The third-order valence-electron chi connectivity index (χ3n) is 7.90. The average molecular weight is 587 g/mol. The van der Waals surface area contributed by atoms with Crippen molar-refractivity contribution in [3.8, 4) is 5.75 Å². The zero-order valence-corrected chi connectivity index (χ0v) is 24.3. The van der Waals surface area contributed by atoms with E-state index in [2.05, 4.69) is 59.2 Å². The first kappa shape index (κ1) is 33.0. The first-order chi connectivity index (χ1) is 19.8. The summed E-state index contributed by atoms with van der Waals surface area (Å²) in [4.78, 5) is 35.5. The topological polar surface area (TPSA) is 168 Å². The lowest BCUT2D eigenvalue weighted by molar-refractivity contribution is -0.170. The smallest absolute Gasteiger partial charge is 0.336 e. The Bertz CT molecular complexity index is 1200. The summed E-state index contributed by atoms with van der Waals surface area (Å²) in [7, 11) is 1.76. The number of rotatable bonds is 11. The van der Waals surface area contributed by atoms with Crippen molar-refractivity contribution < 1.29 is 44.7 Å². The number of benzene rings is 2. The SMILES string of the molecule is COc1ccc(CN2CCC(O)(c3ccc(C)cc3)CC2)cc1CN1CCCC1.O=C(O)CC(O)(CC(=O)O)C(=O)O. The largest absolute Gasteiger partial charge is 0.496 e. The molecule has 4 rings (SSSR count). The zero-order chi connectivity index (χ0) is 30.9. The number of nitrogens with zero attached hydrogens (tertiary/aromatic N) is 2. The Balaban J connectivity index is 0.000000316. The van der Waals surface area contributed by atoms with E-state index in [1.165, 1.54) is 42.6 Å². The number of ether oxygens (including phenoxy) is 1. The normalized spacial score (nSPS) is 17.2. The van der Waals surface area contributed by atoms with Crippen molar-refractivity contribution in [2.75, 3.05) is 33.3 Å². The molecule has 2 aliphatic rings. The average Bonchev–Trinajstić information content (AvgIpc) is 3.43. The molecule has 11 heteroatoms. The van der Waals surface area contributed by atoms with Crippen molar-refractivity contribution in [2.24, 2.45) is 0 Å². The van der Waals surface area contributed by atoms with Crippen LogP contribution in [0.4, 0.5) is 0 Å². The van der Waals surface area contributed by atoms with Gasteiger partial charge in [0, 0.05) is 31.7 Å². The fourth-order valence-corrected chi connectivity index (χ4v) is 5.44. The third-order valence-corrected chi connectivity index (χ3v) is 7.90. The zero-order valence-electron chi connectivity index (χ0n) is 24.3. The number of hydrogen-bond acceptors (Lipinski definition) is 8. The minimum Gasteiger partial charge on any atom is -0.496 e. The summed E-state index contributed by atoms with van der Waals surface area (Å²) in [6, 6.07) is 15.0. The second-order valence-corrected chi connectivity index (χ2v) is 11.3. The Morgan fingerprint density at radius 3 is 1.90 bits per heavy atom. The lowest BCUT2D eigenvalue weighted by Crippen LogP contribution is -2.42. The highest BCUT2D eigenvalue weighted by Crippen LogP contribution is 2.34. The van der Waals surface area contributed by atoms with Gasteiger partial charge in [-0.25, -0.2) is 4.79 Å². The van der Waals surface area contributed by atoms with E-state index in [4.69, 9.17) is 25.2 Å². The van der Waals surface area contributed by atoms with Crippen LogP contribution in [0.5, 0.6) is 5.75 Å². The van der Waals surface area contributed by atoms with Crippen molar-refractivity contribution in [3.63, 3.8) is 0 Å². The summed E-state index contributed by atoms with van der Waals surface area (Å²) < 4.78 is 5.61. The van der Waals surface area contributed by atoms with Gasteiger partial charge in [-0.2, -0.15) is 0 Å². The number of likely N-dealkylation sites (tertiary alicyclic amines) is 2. The van der Waals surface area contributed by atoms with E-state index in [0.717, 1.165) is 50.3 Å². The van der Waals surface area contributed by atoms with Crippen molar-refractivity contribution >= 4 is 17.9 Å². The van der Waals surface area contributed by atoms with Gasteiger partial charge in [0.2, 0.25) is 0 Å². The van der Waals surface area contributed by atoms with Gasteiger partial charge < -0.3 is 30.3 Å². The Hall–Kier alpha value is -3.51. The molecule has 42 heavy (non-hydrogen) atoms. The second kappa shape index (κ2) is 14.6. The highest BCUT2D eigenvalue weighted by atomic mass is 16.5. The molecule has 2 aromatic carbocycles. The van der Waals surface area contributed by atoms with E-state index in [-0.39, 0.29) is 0 Å². The minimum absolute atomic E-state index is 0.689. The van der Waals surface area contributed by atoms with E-state index in [9.17, 15) is 19.5 Å². The molecule has 0 unspecified atom stereocenters. The maximum Gasteiger partial charge on any atom is 0.336 e. The highest BCUT2D eigenvalue weighted by Gasteiger charge is 2.40. The molecule has 0 spiro atoms. The van der Waals surface area contributed by atoms with E-state index in [1.807, 2.05) is 0 Å². The van der Waals surface area contributed by atoms with Gasteiger partial charge in [-0.05, 0) is 69.0 Å². The predicted octanol–water partition coefficient (Wildman–Crippen LogP) is 2.83. The summed E-state index contributed by atoms with van der Waals surface area (Å²) >= 11 is 0. The summed E-state index contributed by atoms with van der Waals surface area (Å²) in [6.45, 7) is 8.21. The molecule has 0 aliphatic carbocycles. The first-order valence-electron chi connectivity index (χ1n) is 14.1. The third kappa shape index (κ3) is 9.25. The van der Waals surface area contributed by atoms with Gasteiger partial charge in [0.05, 0.1) is 25.6 Å². The van der Waals surface area contributed by atoms with Crippen LogP contribution >= 0.6 is 0 Å². The van der Waals surface area contributed by atoms with Crippen LogP contribution in [-0.2, 0) is 33.1 Å². The molecular weight excluding hydrogens is 544 g/mol.